The SMILES string of the molecule is C[C@@H]1C[C@H](C)CN(C(=O)COC(=O)c2ccc(Cl)c(S(=O)(=O)N(C)C)c2)C1. The largest absolute Gasteiger partial charge is 0.452 e. The van der Waals surface area contributed by atoms with Crippen LogP contribution in [0.15, 0.2) is 23.1 Å². The van der Waals surface area contributed by atoms with Crippen LogP contribution in [0.1, 0.15) is 30.6 Å². The number of benzene rings is 1. The van der Waals surface area contributed by atoms with Gasteiger partial charge in [-0.1, -0.05) is 25.4 Å². The van der Waals surface area contributed by atoms with E-state index in [1.54, 1.807) is 4.90 Å². The Morgan fingerprint density at radius 3 is 2.37 bits per heavy atom. The van der Waals surface area contributed by atoms with Crippen LogP contribution in [0, 0.1) is 11.8 Å². The number of hydrogen-bond acceptors (Lipinski definition) is 5. The highest BCUT2D eigenvalue weighted by atomic mass is 35.5. The third-order valence-corrected chi connectivity index (χ3v) is 6.77. The zero-order valence-electron chi connectivity index (χ0n) is 15.9. The minimum atomic E-state index is -3.81. The van der Waals surface area contributed by atoms with Gasteiger partial charge in [0.15, 0.2) is 6.61 Å². The number of halogens is 1. The van der Waals surface area contributed by atoms with E-state index in [1.807, 2.05) is 0 Å². The van der Waals surface area contributed by atoms with Crippen molar-refractivity contribution in [1.29, 1.82) is 0 Å². The summed E-state index contributed by atoms with van der Waals surface area (Å²) in [5.74, 6) is -0.211. The van der Waals surface area contributed by atoms with Gasteiger partial charge in [-0.3, -0.25) is 4.79 Å². The van der Waals surface area contributed by atoms with Crippen LogP contribution in [0.2, 0.25) is 5.02 Å². The molecule has 0 unspecified atom stereocenters. The van der Waals surface area contributed by atoms with Crippen molar-refractivity contribution in [2.24, 2.45) is 11.8 Å². The maximum absolute atomic E-state index is 12.3. The van der Waals surface area contributed by atoms with E-state index in [-0.39, 0.29) is 28.0 Å². The van der Waals surface area contributed by atoms with Gasteiger partial charge < -0.3 is 9.64 Å². The number of ether oxygens (including phenoxy) is 1. The van der Waals surface area contributed by atoms with Gasteiger partial charge in [-0.25, -0.2) is 17.5 Å². The highest BCUT2D eigenvalue weighted by molar-refractivity contribution is 7.89. The van der Waals surface area contributed by atoms with E-state index >= 15 is 0 Å². The number of esters is 1. The summed E-state index contributed by atoms with van der Waals surface area (Å²) < 4.78 is 30.7. The number of nitrogens with zero attached hydrogens (tertiary/aromatic N) is 2. The van der Waals surface area contributed by atoms with E-state index in [0.29, 0.717) is 24.9 Å². The smallest absolute Gasteiger partial charge is 0.338 e. The Balaban J connectivity index is 2.07. The summed E-state index contributed by atoms with van der Waals surface area (Å²) >= 11 is 5.97. The van der Waals surface area contributed by atoms with Crippen LogP contribution in [0.25, 0.3) is 0 Å². The maximum Gasteiger partial charge on any atom is 0.338 e. The van der Waals surface area contributed by atoms with Gasteiger partial charge in [-0.15, -0.1) is 0 Å². The molecule has 9 heteroatoms. The predicted octanol–water partition coefficient (Wildman–Crippen LogP) is 2.25. The second kappa shape index (κ2) is 8.58. The molecule has 7 nitrogen and oxygen atoms in total. The Kier molecular flexibility index (Phi) is 6.88. The van der Waals surface area contributed by atoms with E-state index in [4.69, 9.17) is 16.3 Å². The molecule has 0 radical (unpaired) electrons. The van der Waals surface area contributed by atoms with Crippen LogP contribution < -0.4 is 0 Å². The van der Waals surface area contributed by atoms with Gasteiger partial charge in [0.25, 0.3) is 5.91 Å². The summed E-state index contributed by atoms with van der Waals surface area (Å²) in [6.45, 7) is 5.08. The van der Waals surface area contributed by atoms with Crippen LogP contribution in [-0.4, -0.2) is 63.3 Å². The molecule has 2 atom stereocenters. The summed E-state index contributed by atoms with van der Waals surface area (Å²) in [5, 5.41) is 0.00705. The topological polar surface area (TPSA) is 84.0 Å². The van der Waals surface area contributed by atoms with E-state index in [2.05, 4.69) is 13.8 Å². The summed E-state index contributed by atoms with van der Waals surface area (Å²) in [6, 6.07) is 3.86. The molecule has 1 fully saturated rings. The first kappa shape index (κ1) is 21.7. The number of amides is 1. The fraction of sp³-hybridized carbons (Fsp3) is 0.556. The van der Waals surface area contributed by atoms with Gasteiger partial charge in [0.1, 0.15) is 4.90 Å². The zero-order valence-corrected chi connectivity index (χ0v) is 17.5. The molecule has 0 spiro atoms. The maximum atomic E-state index is 12.3. The molecule has 1 aromatic carbocycles. The first-order valence-corrected chi connectivity index (χ1v) is 10.5. The number of likely N-dealkylation sites (tertiary alicyclic amines) is 1. The van der Waals surface area contributed by atoms with Crippen molar-refractivity contribution < 1.29 is 22.7 Å². The summed E-state index contributed by atoms with van der Waals surface area (Å²) in [4.78, 5) is 26.1. The van der Waals surface area contributed by atoms with Crippen molar-refractivity contribution in [3.8, 4) is 0 Å². The average molecular weight is 417 g/mol. The molecule has 1 aliphatic rings. The highest BCUT2D eigenvalue weighted by Crippen LogP contribution is 2.25. The quantitative estimate of drug-likeness (QED) is 0.687. The number of piperidine rings is 1. The molecule has 1 amide bonds. The van der Waals surface area contributed by atoms with Crippen molar-refractivity contribution in [3.63, 3.8) is 0 Å². The van der Waals surface area contributed by atoms with Crippen LogP contribution in [0.3, 0.4) is 0 Å². The third kappa shape index (κ3) is 5.21. The predicted molar refractivity (Wildman–Crippen MR) is 102 cm³/mol. The second-order valence-corrected chi connectivity index (χ2v) is 9.78. The van der Waals surface area contributed by atoms with E-state index in [0.717, 1.165) is 16.8 Å². The summed E-state index contributed by atoms with van der Waals surface area (Å²) in [7, 11) is -1.06. The highest BCUT2D eigenvalue weighted by Gasteiger charge is 2.27. The van der Waals surface area contributed by atoms with Crippen molar-refractivity contribution in [1.82, 2.24) is 9.21 Å². The first-order valence-electron chi connectivity index (χ1n) is 8.69. The first-order chi connectivity index (χ1) is 12.5. The van der Waals surface area contributed by atoms with Gasteiger partial charge in [0.05, 0.1) is 10.6 Å². The Morgan fingerprint density at radius 1 is 1.22 bits per heavy atom. The molecule has 27 heavy (non-hydrogen) atoms. The molecule has 2 rings (SSSR count). The van der Waals surface area contributed by atoms with Gasteiger partial charge in [0.2, 0.25) is 10.0 Å². The van der Waals surface area contributed by atoms with E-state index in [9.17, 15) is 18.0 Å². The van der Waals surface area contributed by atoms with Gasteiger partial charge in [-0.2, -0.15) is 0 Å². The van der Waals surface area contributed by atoms with Crippen molar-refractivity contribution in [2.45, 2.75) is 25.2 Å². The van der Waals surface area contributed by atoms with Crippen LogP contribution in [0.4, 0.5) is 0 Å². The lowest BCUT2D eigenvalue weighted by Crippen LogP contribution is -2.44. The fourth-order valence-electron chi connectivity index (χ4n) is 3.19. The molecule has 1 aliphatic heterocycles. The van der Waals surface area contributed by atoms with Gasteiger partial charge in [-0.05, 0) is 36.5 Å². The fourth-order valence-corrected chi connectivity index (χ4v) is 4.59. The summed E-state index contributed by atoms with van der Waals surface area (Å²) in [6.07, 6.45) is 1.07. The lowest BCUT2D eigenvalue weighted by molar-refractivity contribution is -0.137. The Hall–Kier alpha value is -1.64. The molecule has 150 valence electrons. The molecule has 0 aromatic heterocycles. The zero-order chi connectivity index (χ0) is 20.4. The Labute approximate surface area is 165 Å². The van der Waals surface area contributed by atoms with Crippen LogP contribution in [0.5, 0.6) is 0 Å². The lowest BCUT2D eigenvalue weighted by Gasteiger charge is -2.34. The lowest BCUT2D eigenvalue weighted by atomic mass is 9.92. The molecule has 1 aromatic rings. The van der Waals surface area contributed by atoms with E-state index < -0.39 is 16.0 Å². The van der Waals surface area contributed by atoms with Crippen molar-refractivity contribution >= 4 is 33.5 Å². The monoisotopic (exact) mass is 416 g/mol. The normalized spacial score (nSPS) is 20.6. The standard InChI is InChI=1S/C18H25ClN2O5S/c1-12-7-13(2)10-21(9-12)17(22)11-26-18(23)14-5-6-15(19)16(8-14)27(24,25)20(3)4/h5-6,8,12-13H,7,9-11H2,1-4H3/t12-,13+. The van der Waals surface area contributed by atoms with Crippen LogP contribution >= 0.6 is 11.6 Å². The molecular weight excluding hydrogens is 392 g/mol. The van der Waals surface area contributed by atoms with Crippen LogP contribution in [-0.2, 0) is 19.6 Å². The number of carbonyl (C=O) groups is 2. The molecule has 0 bridgehead atoms. The molecule has 0 saturated carbocycles. The molecular formula is C18H25ClN2O5S. The van der Waals surface area contributed by atoms with Crippen molar-refractivity contribution in [3.05, 3.63) is 28.8 Å². The van der Waals surface area contributed by atoms with Gasteiger partial charge >= 0.3 is 5.97 Å². The molecule has 0 aliphatic carbocycles. The minimum Gasteiger partial charge on any atom is -0.452 e. The molecule has 1 heterocycles. The number of hydrogen-bond donors (Lipinski definition) is 0. The number of carbonyl (C=O) groups excluding carboxylic acids is 2. The molecule has 0 N–H and O–H groups in total. The van der Waals surface area contributed by atoms with E-state index in [1.165, 1.54) is 26.2 Å². The average Bonchev–Trinajstić information content (AvgIpc) is 2.58. The van der Waals surface area contributed by atoms with Gasteiger partial charge in [0, 0.05) is 27.2 Å². The third-order valence-electron chi connectivity index (χ3n) is 4.47. The Morgan fingerprint density at radius 2 is 1.81 bits per heavy atom. The Bertz CT molecular complexity index is 815. The second-order valence-electron chi connectivity index (χ2n) is 7.25. The number of sulfonamides is 1. The summed E-state index contributed by atoms with van der Waals surface area (Å²) in [5.41, 5.74) is 0.0213. The molecule has 1 saturated heterocycles. The minimum absolute atomic E-state index is 0.00705. The number of rotatable bonds is 5. The van der Waals surface area contributed by atoms with Crippen molar-refractivity contribution in [2.75, 3.05) is 33.8 Å².